The van der Waals surface area contributed by atoms with Gasteiger partial charge in [0.05, 0.1) is 0 Å². The first-order valence-electron chi connectivity index (χ1n) is 4.27. The first kappa shape index (κ1) is 9.82. The van der Waals surface area contributed by atoms with Crippen LogP contribution in [0.15, 0.2) is 12.2 Å². The maximum absolute atomic E-state index is 10.9. The molecule has 2 aliphatic rings. The molecule has 4 atom stereocenters. The van der Waals surface area contributed by atoms with Gasteiger partial charge in [-0.15, -0.1) is 0 Å². The van der Waals surface area contributed by atoms with E-state index < -0.39 is 11.4 Å². The number of fused-ring (bicyclic) bond motifs is 1. The molecule has 78 valence electrons. The van der Waals surface area contributed by atoms with Crippen molar-refractivity contribution in [2.45, 2.75) is 31.7 Å². The molecule has 2 rings (SSSR count). The highest BCUT2D eigenvalue weighted by molar-refractivity contribution is 7.75. The molecule has 0 saturated carbocycles. The number of hydrogen-bond acceptors (Lipinski definition) is 5. The minimum atomic E-state index is -1.66. The van der Waals surface area contributed by atoms with Gasteiger partial charge in [0.2, 0.25) is 0 Å². The van der Waals surface area contributed by atoms with E-state index in [0.29, 0.717) is 6.42 Å². The number of ether oxygens (including phenoxy) is 1. The molecule has 0 N–H and O–H groups in total. The molecule has 0 spiro atoms. The molecule has 0 aromatic rings. The lowest BCUT2D eigenvalue weighted by molar-refractivity contribution is -0.145. The number of carbonyl (C=O) groups excluding carboxylic acids is 1. The number of esters is 1. The molecule has 6 heteroatoms. The first-order chi connectivity index (χ1) is 6.65. The zero-order chi connectivity index (χ0) is 10.1. The van der Waals surface area contributed by atoms with Gasteiger partial charge in [0.1, 0.15) is 18.3 Å². The van der Waals surface area contributed by atoms with E-state index in [-0.39, 0.29) is 24.3 Å². The largest absolute Gasteiger partial charge is 0.458 e. The van der Waals surface area contributed by atoms with Crippen LogP contribution >= 0.6 is 0 Å². The minimum absolute atomic E-state index is 0.273. The van der Waals surface area contributed by atoms with E-state index in [0.717, 1.165) is 0 Å². The Labute approximate surface area is 83.9 Å². The number of hydrogen-bond donors (Lipinski definition) is 0. The van der Waals surface area contributed by atoms with Crippen molar-refractivity contribution in [3.63, 3.8) is 0 Å². The molecule has 0 aromatic heterocycles. The van der Waals surface area contributed by atoms with Crippen LogP contribution in [0, 0.1) is 0 Å². The van der Waals surface area contributed by atoms with Gasteiger partial charge in [-0.3, -0.25) is 13.2 Å². The van der Waals surface area contributed by atoms with Gasteiger partial charge in [0, 0.05) is 13.3 Å². The average Bonchev–Trinajstić information content (AvgIpc) is 2.42. The fraction of sp³-hybridized carbons (Fsp3) is 0.625. The normalized spacial score (nSPS) is 40.6. The predicted octanol–water partition coefficient (Wildman–Crippen LogP) is 0.241. The Morgan fingerprint density at radius 3 is 3.00 bits per heavy atom. The maximum atomic E-state index is 10.9. The summed E-state index contributed by atoms with van der Waals surface area (Å²) in [7, 11) is 0. The maximum Gasteiger partial charge on any atom is 0.305 e. The van der Waals surface area contributed by atoms with Crippen molar-refractivity contribution < 1.29 is 22.1 Å². The molecular formula is C8H10O5S. The van der Waals surface area contributed by atoms with Gasteiger partial charge in [-0.25, -0.2) is 0 Å². The summed E-state index contributed by atoms with van der Waals surface area (Å²) in [5, 5.41) is 0. The fourth-order valence-electron chi connectivity index (χ4n) is 1.50. The molecule has 1 aliphatic carbocycles. The van der Waals surface area contributed by atoms with Gasteiger partial charge in [0.15, 0.2) is 0 Å². The summed E-state index contributed by atoms with van der Waals surface area (Å²) in [4.78, 5) is 10.7. The Balaban J connectivity index is 1.99. The second kappa shape index (κ2) is 3.80. The highest BCUT2D eigenvalue weighted by atomic mass is 32.2. The van der Waals surface area contributed by atoms with Crippen LogP contribution in [-0.2, 0) is 29.3 Å². The van der Waals surface area contributed by atoms with Crippen LogP contribution in [0.3, 0.4) is 0 Å². The lowest BCUT2D eigenvalue weighted by Gasteiger charge is -2.22. The SMILES string of the molecule is CC(=O)O[C@H]1C=C[C@@H]2OS(=O)O[C@@H]2C1. The van der Waals surface area contributed by atoms with E-state index in [1.54, 1.807) is 12.2 Å². The summed E-state index contributed by atoms with van der Waals surface area (Å²) in [6.45, 7) is 1.35. The lowest BCUT2D eigenvalue weighted by atomic mass is 10.00. The molecule has 0 amide bonds. The summed E-state index contributed by atoms with van der Waals surface area (Å²) < 4.78 is 25.8. The van der Waals surface area contributed by atoms with Gasteiger partial charge in [-0.05, 0) is 6.08 Å². The molecule has 0 bridgehead atoms. The third-order valence-electron chi connectivity index (χ3n) is 2.06. The smallest absolute Gasteiger partial charge is 0.305 e. The summed E-state index contributed by atoms with van der Waals surface area (Å²) >= 11 is -1.66. The number of carbonyl (C=O) groups is 1. The van der Waals surface area contributed by atoms with Crippen LogP contribution in [0.5, 0.6) is 0 Å². The highest BCUT2D eigenvalue weighted by Gasteiger charge is 2.38. The molecule has 1 fully saturated rings. The Morgan fingerprint density at radius 2 is 2.29 bits per heavy atom. The molecule has 1 saturated heterocycles. The second-order valence-corrected chi connectivity index (χ2v) is 3.96. The third kappa shape index (κ3) is 2.02. The van der Waals surface area contributed by atoms with Crippen LogP contribution in [0.2, 0.25) is 0 Å². The Kier molecular flexibility index (Phi) is 2.66. The summed E-state index contributed by atoms with van der Waals surface area (Å²) in [5.41, 5.74) is 0. The molecule has 5 nitrogen and oxygen atoms in total. The quantitative estimate of drug-likeness (QED) is 0.466. The van der Waals surface area contributed by atoms with E-state index >= 15 is 0 Å². The average molecular weight is 218 g/mol. The predicted molar refractivity (Wildman–Crippen MR) is 47.2 cm³/mol. The number of rotatable bonds is 1. The Morgan fingerprint density at radius 1 is 1.50 bits per heavy atom. The Bertz CT molecular complexity index is 300. The van der Waals surface area contributed by atoms with Crippen molar-refractivity contribution >= 4 is 17.3 Å². The van der Waals surface area contributed by atoms with Crippen LogP contribution < -0.4 is 0 Å². The summed E-state index contributed by atoms with van der Waals surface area (Å²) in [5.74, 6) is -0.335. The zero-order valence-corrected chi connectivity index (χ0v) is 8.36. The van der Waals surface area contributed by atoms with Crippen molar-refractivity contribution in [1.29, 1.82) is 0 Å². The molecule has 1 heterocycles. The van der Waals surface area contributed by atoms with E-state index in [9.17, 15) is 9.00 Å². The molecule has 1 unspecified atom stereocenters. The van der Waals surface area contributed by atoms with Crippen molar-refractivity contribution in [3.05, 3.63) is 12.2 Å². The monoisotopic (exact) mass is 218 g/mol. The van der Waals surface area contributed by atoms with E-state index in [1.165, 1.54) is 6.92 Å². The molecule has 14 heavy (non-hydrogen) atoms. The molecular weight excluding hydrogens is 208 g/mol. The standard InChI is InChI=1S/C8H10O5S/c1-5(9)11-6-2-3-7-8(4-6)13-14(10)12-7/h2-3,6-8H,4H2,1H3/t6-,7-,8+,14?/m0/s1. The molecule has 1 aliphatic heterocycles. The Hall–Kier alpha value is -0.720. The van der Waals surface area contributed by atoms with E-state index in [1.807, 2.05) is 0 Å². The van der Waals surface area contributed by atoms with Gasteiger partial charge in [0.25, 0.3) is 0 Å². The van der Waals surface area contributed by atoms with E-state index in [4.69, 9.17) is 13.1 Å². The van der Waals surface area contributed by atoms with Gasteiger partial charge in [-0.1, -0.05) is 6.08 Å². The summed E-state index contributed by atoms with van der Waals surface area (Å²) in [6.07, 6.45) is 3.09. The van der Waals surface area contributed by atoms with Crippen LogP contribution in [0.1, 0.15) is 13.3 Å². The lowest BCUT2D eigenvalue weighted by Crippen LogP contribution is -2.31. The molecule has 0 radical (unpaired) electrons. The fourth-order valence-corrected chi connectivity index (χ4v) is 2.31. The van der Waals surface area contributed by atoms with Crippen molar-refractivity contribution in [2.24, 2.45) is 0 Å². The van der Waals surface area contributed by atoms with Crippen molar-refractivity contribution in [1.82, 2.24) is 0 Å². The topological polar surface area (TPSA) is 61.8 Å². The van der Waals surface area contributed by atoms with Crippen LogP contribution in [0.25, 0.3) is 0 Å². The summed E-state index contributed by atoms with van der Waals surface area (Å²) in [6, 6.07) is 0. The van der Waals surface area contributed by atoms with Crippen molar-refractivity contribution in [3.8, 4) is 0 Å². The van der Waals surface area contributed by atoms with E-state index in [2.05, 4.69) is 0 Å². The zero-order valence-electron chi connectivity index (χ0n) is 7.54. The van der Waals surface area contributed by atoms with Gasteiger partial charge >= 0.3 is 17.3 Å². The molecule has 0 aromatic carbocycles. The van der Waals surface area contributed by atoms with Crippen LogP contribution in [-0.4, -0.2) is 28.5 Å². The third-order valence-corrected chi connectivity index (χ3v) is 2.84. The van der Waals surface area contributed by atoms with Crippen LogP contribution in [0.4, 0.5) is 0 Å². The second-order valence-electron chi connectivity index (χ2n) is 3.17. The first-order valence-corrected chi connectivity index (χ1v) is 5.27. The van der Waals surface area contributed by atoms with Gasteiger partial charge < -0.3 is 4.74 Å². The van der Waals surface area contributed by atoms with Crippen molar-refractivity contribution in [2.75, 3.05) is 0 Å². The highest BCUT2D eigenvalue weighted by Crippen LogP contribution is 2.27. The minimum Gasteiger partial charge on any atom is -0.458 e. The van der Waals surface area contributed by atoms with Gasteiger partial charge in [-0.2, -0.15) is 4.21 Å².